The number of nitrogens with one attached hydrogen (secondary N) is 1. The van der Waals surface area contributed by atoms with Crippen molar-refractivity contribution in [3.8, 4) is 5.69 Å². The maximum atomic E-state index is 12.5. The summed E-state index contributed by atoms with van der Waals surface area (Å²) in [4.78, 5) is 16.8. The van der Waals surface area contributed by atoms with Crippen molar-refractivity contribution in [1.29, 1.82) is 0 Å². The molecule has 0 bridgehead atoms. The predicted molar refractivity (Wildman–Crippen MR) is 81.0 cm³/mol. The second kappa shape index (κ2) is 5.64. The van der Waals surface area contributed by atoms with Crippen LogP contribution in [0.1, 0.15) is 22.6 Å². The molecular weight excluding hydrogens is 294 g/mol. The van der Waals surface area contributed by atoms with Crippen LogP contribution in [0.2, 0.25) is 0 Å². The van der Waals surface area contributed by atoms with Crippen molar-refractivity contribution < 1.29 is 4.79 Å². The van der Waals surface area contributed by atoms with Gasteiger partial charge in [-0.25, -0.2) is 9.67 Å². The van der Waals surface area contributed by atoms with Gasteiger partial charge in [0, 0.05) is 37.0 Å². The minimum absolute atomic E-state index is 0.0894. The number of tetrazole rings is 1. The lowest BCUT2D eigenvalue weighted by Crippen LogP contribution is -2.40. The van der Waals surface area contributed by atoms with Crippen LogP contribution in [0.4, 0.5) is 0 Å². The summed E-state index contributed by atoms with van der Waals surface area (Å²) in [5.41, 5.74) is 1.35. The summed E-state index contributed by atoms with van der Waals surface area (Å²) < 4.78 is 3.61. The Morgan fingerprint density at radius 1 is 1.35 bits per heavy atom. The number of aryl methyl sites for hydroxylation is 1. The molecule has 1 atom stereocenters. The first kappa shape index (κ1) is 13.6. The third kappa shape index (κ3) is 2.70. The van der Waals surface area contributed by atoms with Crippen molar-refractivity contribution in [3.63, 3.8) is 0 Å². The monoisotopic (exact) mass is 309 g/mol. The van der Waals surface area contributed by atoms with Gasteiger partial charge in [-0.3, -0.25) is 4.79 Å². The smallest absolute Gasteiger partial charge is 0.251 e. The van der Waals surface area contributed by atoms with E-state index in [4.69, 9.17) is 0 Å². The van der Waals surface area contributed by atoms with Gasteiger partial charge in [0.1, 0.15) is 12.2 Å². The quantitative estimate of drug-likeness (QED) is 0.765. The molecule has 8 heteroatoms. The van der Waals surface area contributed by atoms with Crippen LogP contribution in [0, 0.1) is 0 Å². The number of amides is 1. The highest BCUT2D eigenvalue weighted by Crippen LogP contribution is 2.14. The molecule has 0 fully saturated rings. The molecule has 2 aromatic heterocycles. The van der Waals surface area contributed by atoms with Gasteiger partial charge in [0.2, 0.25) is 0 Å². The number of imidazole rings is 1. The Labute approximate surface area is 132 Å². The number of benzene rings is 1. The average Bonchev–Trinajstić information content (AvgIpc) is 3.26. The molecule has 1 amide bonds. The zero-order chi connectivity index (χ0) is 15.6. The third-order valence-corrected chi connectivity index (χ3v) is 3.99. The number of fused-ring (bicyclic) bond motifs is 1. The minimum Gasteiger partial charge on any atom is -0.347 e. The Balaban J connectivity index is 1.49. The number of rotatable bonds is 3. The van der Waals surface area contributed by atoms with Gasteiger partial charge in [0.15, 0.2) is 0 Å². The van der Waals surface area contributed by atoms with Gasteiger partial charge in [-0.05, 0) is 35.0 Å². The highest BCUT2D eigenvalue weighted by Gasteiger charge is 2.21. The topological polar surface area (TPSA) is 90.5 Å². The lowest BCUT2D eigenvalue weighted by Gasteiger charge is -2.24. The van der Waals surface area contributed by atoms with E-state index in [0.717, 1.165) is 30.9 Å². The molecule has 1 aromatic carbocycles. The van der Waals surface area contributed by atoms with Crippen molar-refractivity contribution in [1.82, 2.24) is 35.1 Å². The summed E-state index contributed by atoms with van der Waals surface area (Å²) in [6.45, 7) is 0.758. The number of carbonyl (C=O) groups is 1. The van der Waals surface area contributed by atoms with E-state index in [9.17, 15) is 4.79 Å². The predicted octanol–water partition coefficient (Wildman–Crippen LogP) is 0.604. The molecule has 0 aliphatic carbocycles. The highest BCUT2D eigenvalue weighted by molar-refractivity contribution is 5.94. The molecule has 0 saturated heterocycles. The van der Waals surface area contributed by atoms with Gasteiger partial charge < -0.3 is 9.88 Å². The zero-order valence-electron chi connectivity index (χ0n) is 12.3. The second-order valence-corrected chi connectivity index (χ2v) is 5.51. The van der Waals surface area contributed by atoms with Crippen LogP contribution in [-0.4, -0.2) is 41.7 Å². The largest absolute Gasteiger partial charge is 0.347 e. The van der Waals surface area contributed by atoms with Crippen molar-refractivity contribution in [3.05, 3.63) is 54.4 Å². The van der Waals surface area contributed by atoms with E-state index in [2.05, 4.69) is 30.4 Å². The van der Waals surface area contributed by atoms with E-state index >= 15 is 0 Å². The van der Waals surface area contributed by atoms with Gasteiger partial charge in [-0.15, -0.1) is 5.10 Å². The van der Waals surface area contributed by atoms with Crippen LogP contribution in [0.3, 0.4) is 0 Å². The zero-order valence-corrected chi connectivity index (χ0v) is 12.3. The first-order valence-electron chi connectivity index (χ1n) is 7.44. The van der Waals surface area contributed by atoms with E-state index in [1.54, 1.807) is 18.3 Å². The van der Waals surface area contributed by atoms with E-state index in [1.807, 2.05) is 18.3 Å². The van der Waals surface area contributed by atoms with E-state index in [-0.39, 0.29) is 11.9 Å². The van der Waals surface area contributed by atoms with Gasteiger partial charge in [-0.2, -0.15) is 0 Å². The average molecular weight is 309 g/mol. The molecule has 3 aromatic rings. The number of carbonyl (C=O) groups excluding carboxylic acids is 1. The van der Waals surface area contributed by atoms with E-state index < -0.39 is 0 Å². The number of aromatic nitrogens is 6. The Hall–Kier alpha value is -3.03. The van der Waals surface area contributed by atoms with Gasteiger partial charge in [0.25, 0.3) is 5.91 Å². The van der Waals surface area contributed by atoms with Crippen molar-refractivity contribution in [2.45, 2.75) is 25.4 Å². The van der Waals surface area contributed by atoms with Crippen LogP contribution < -0.4 is 5.32 Å². The molecule has 0 unspecified atom stereocenters. The fourth-order valence-corrected chi connectivity index (χ4v) is 2.82. The molecule has 3 heterocycles. The molecule has 1 aliphatic heterocycles. The van der Waals surface area contributed by atoms with Crippen molar-refractivity contribution in [2.75, 3.05) is 0 Å². The standard InChI is InChI=1S/C15H15N7O/c23-15(18-12-4-5-14-16-6-7-21(14)9-12)11-2-1-3-13(8-11)22-10-17-19-20-22/h1-3,6-8,10,12H,4-5,9H2,(H,18,23)/t12-/m0/s1. The Kier molecular flexibility index (Phi) is 3.34. The van der Waals surface area contributed by atoms with Crippen molar-refractivity contribution in [2.24, 2.45) is 0 Å². The summed E-state index contributed by atoms with van der Waals surface area (Å²) in [6.07, 6.45) is 7.03. The molecule has 0 spiro atoms. The summed E-state index contributed by atoms with van der Waals surface area (Å²) in [7, 11) is 0. The van der Waals surface area contributed by atoms with Crippen LogP contribution in [0.25, 0.3) is 5.69 Å². The molecule has 116 valence electrons. The molecular formula is C15H15N7O. The number of hydrogen-bond donors (Lipinski definition) is 1. The van der Waals surface area contributed by atoms with Crippen molar-refractivity contribution >= 4 is 5.91 Å². The van der Waals surface area contributed by atoms with Crippen LogP contribution in [0.5, 0.6) is 0 Å². The third-order valence-electron chi connectivity index (χ3n) is 3.99. The summed E-state index contributed by atoms with van der Waals surface area (Å²) >= 11 is 0. The van der Waals surface area contributed by atoms with Gasteiger partial charge in [-0.1, -0.05) is 6.07 Å². The first-order valence-corrected chi connectivity index (χ1v) is 7.44. The normalized spacial score (nSPS) is 16.8. The maximum Gasteiger partial charge on any atom is 0.251 e. The van der Waals surface area contributed by atoms with Crippen LogP contribution in [-0.2, 0) is 13.0 Å². The molecule has 23 heavy (non-hydrogen) atoms. The summed E-state index contributed by atoms with van der Waals surface area (Å²) in [5.74, 6) is 0.990. The summed E-state index contributed by atoms with van der Waals surface area (Å²) in [5, 5.41) is 14.1. The molecule has 8 nitrogen and oxygen atoms in total. The number of nitrogens with zero attached hydrogens (tertiary/aromatic N) is 6. The molecule has 0 saturated carbocycles. The molecule has 4 rings (SSSR count). The maximum absolute atomic E-state index is 12.5. The van der Waals surface area contributed by atoms with Crippen LogP contribution in [0.15, 0.2) is 43.0 Å². The van der Waals surface area contributed by atoms with Gasteiger partial charge >= 0.3 is 0 Å². The number of hydrogen-bond acceptors (Lipinski definition) is 5. The van der Waals surface area contributed by atoms with Crippen LogP contribution >= 0.6 is 0 Å². The molecule has 1 aliphatic rings. The second-order valence-electron chi connectivity index (χ2n) is 5.51. The Bertz CT molecular complexity index is 824. The van der Waals surface area contributed by atoms with E-state index in [0.29, 0.717) is 5.56 Å². The van der Waals surface area contributed by atoms with Gasteiger partial charge in [0.05, 0.1) is 5.69 Å². The Morgan fingerprint density at radius 3 is 3.17 bits per heavy atom. The molecule has 0 radical (unpaired) electrons. The van der Waals surface area contributed by atoms with E-state index in [1.165, 1.54) is 11.0 Å². The SMILES string of the molecule is O=C(N[C@H]1CCc2nccn2C1)c1cccc(-n2cnnn2)c1. The first-order chi connectivity index (χ1) is 11.3. The minimum atomic E-state index is -0.0894. The Morgan fingerprint density at radius 2 is 2.30 bits per heavy atom. The molecule has 1 N–H and O–H groups in total. The fraction of sp³-hybridized carbons (Fsp3) is 0.267. The lowest BCUT2D eigenvalue weighted by atomic mass is 10.1. The lowest BCUT2D eigenvalue weighted by molar-refractivity contribution is 0.0927. The summed E-state index contributed by atoms with van der Waals surface area (Å²) in [6, 6.07) is 7.35. The highest BCUT2D eigenvalue weighted by atomic mass is 16.1. The fourth-order valence-electron chi connectivity index (χ4n) is 2.82.